The smallest absolute Gasteiger partial charge is 0.226 e. The Kier molecular flexibility index (Phi) is 7.18. The Bertz CT molecular complexity index is 933. The molecule has 0 spiro atoms. The lowest BCUT2D eigenvalue weighted by Gasteiger charge is -2.33. The molecule has 1 aliphatic rings. The second kappa shape index (κ2) is 10.4. The van der Waals surface area contributed by atoms with Gasteiger partial charge < -0.3 is 10.1 Å². The maximum atomic E-state index is 12.4. The average Bonchev–Trinajstić information content (AvgIpc) is 3.20. The van der Waals surface area contributed by atoms with Crippen LogP contribution in [0.4, 0.5) is 0 Å². The number of rotatable bonds is 8. The van der Waals surface area contributed by atoms with E-state index in [0.717, 1.165) is 36.0 Å². The first-order valence-corrected chi connectivity index (χ1v) is 11.1. The van der Waals surface area contributed by atoms with Gasteiger partial charge in [0.1, 0.15) is 0 Å². The Labute approximate surface area is 180 Å². The van der Waals surface area contributed by atoms with Gasteiger partial charge in [-0.3, -0.25) is 14.7 Å². The minimum absolute atomic E-state index is 0.0153. The predicted molar refractivity (Wildman–Crippen MR) is 117 cm³/mol. The van der Waals surface area contributed by atoms with Gasteiger partial charge in [-0.2, -0.15) is 0 Å². The van der Waals surface area contributed by atoms with E-state index in [9.17, 15) is 4.79 Å². The molecule has 1 saturated heterocycles. The predicted octanol–water partition coefficient (Wildman–Crippen LogP) is 2.69. The largest absolute Gasteiger partial charge is 0.374 e. The molecule has 1 aliphatic heterocycles. The monoisotopic (exact) mass is 422 g/mol. The van der Waals surface area contributed by atoms with Crippen LogP contribution in [0.25, 0.3) is 0 Å². The van der Waals surface area contributed by atoms with Gasteiger partial charge in [-0.1, -0.05) is 36.4 Å². The van der Waals surface area contributed by atoms with E-state index in [1.54, 1.807) is 17.5 Å². The fourth-order valence-electron chi connectivity index (χ4n) is 3.51. The van der Waals surface area contributed by atoms with Gasteiger partial charge in [0, 0.05) is 49.9 Å². The topological polar surface area (TPSA) is 67.4 Å². The maximum Gasteiger partial charge on any atom is 0.226 e. The normalized spacial score (nSPS) is 17.0. The number of aromatic nitrogens is 2. The van der Waals surface area contributed by atoms with Crippen molar-refractivity contribution in [2.24, 2.45) is 0 Å². The highest BCUT2D eigenvalue weighted by atomic mass is 32.1. The summed E-state index contributed by atoms with van der Waals surface area (Å²) in [7, 11) is 0. The number of ether oxygens (including phenoxy) is 1. The zero-order valence-electron chi connectivity index (χ0n) is 16.9. The first-order valence-electron chi connectivity index (χ1n) is 10.2. The van der Waals surface area contributed by atoms with E-state index < -0.39 is 0 Å². The summed E-state index contributed by atoms with van der Waals surface area (Å²) in [5.74, 6) is -0.0199. The number of nitrogens with zero attached hydrogens (tertiary/aromatic N) is 3. The first-order chi connectivity index (χ1) is 14.7. The van der Waals surface area contributed by atoms with Crippen molar-refractivity contribution in [2.75, 3.05) is 26.2 Å². The van der Waals surface area contributed by atoms with Gasteiger partial charge in [0.15, 0.2) is 0 Å². The van der Waals surface area contributed by atoms with E-state index in [1.165, 1.54) is 5.56 Å². The molecular formula is C23H26N4O2S. The molecule has 4 rings (SSSR count). The number of carbonyl (C=O) groups excluding carboxylic acids is 1. The number of nitrogens with one attached hydrogen (secondary N) is 1. The number of pyridine rings is 1. The molecule has 1 atom stereocenters. The molecule has 3 heterocycles. The van der Waals surface area contributed by atoms with E-state index in [4.69, 9.17) is 4.74 Å². The maximum absolute atomic E-state index is 12.4. The van der Waals surface area contributed by atoms with Gasteiger partial charge in [-0.25, -0.2) is 4.98 Å². The molecule has 1 fully saturated rings. The molecule has 0 saturated carbocycles. The number of hydrogen-bond acceptors (Lipinski definition) is 6. The third-order valence-corrected chi connectivity index (χ3v) is 5.90. The summed E-state index contributed by atoms with van der Waals surface area (Å²) in [4.78, 5) is 23.6. The van der Waals surface area contributed by atoms with Crippen LogP contribution in [0.15, 0.2) is 60.1 Å². The zero-order valence-corrected chi connectivity index (χ0v) is 17.7. The highest BCUT2D eigenvalue weighted by molar-refractivity contribution is 7.09. The molecule has 1 N–H and O–H groups in total. The highest BCUT2D eigenvalue weighted by Gasteiger charge is 2.21. The van der Waals surface area contributed by atoms with Gasteiger partial charge in [0.25, 0.3) is 0 Å². The van der Waals surface area contributed by atoms with Crippen LogP contribution in [0.1, 0.15) is 22.0 Å². The van der Waals surface area contributed by atoms with Crippen molar-refractivity contribution in [3.05, 3.63) is 82.1 Å². The molecule has 2 aromatic heterocycles. The van der Waals surface area contributed by atoms with Gasteiger partial charge in [0.05, 0.1) is 29.8 Å². The van der Waals surface area contributed by atoms with Crippen LogP contribution in [-0.4, -0.2) is 53.1 Å². The molecule has 0 bridgehead atoms. The van der Waals surface area contributed by atoms with E-state index in [1.807, 2.05) is 29.6 Å². The Morgan fingerprint density at radius 1 is 1.17 bits per heavy atom. The van der Waals surface area contributed by atoms with Crippen LogP contribution >= 0.6 is 11.3 Å². The average molecular weight is 423 g/mol. The first kappa shape index (κ1) is 20.7. The number of thiazole rings is 1. The molecule has 1 aromatic carbocycles. The second-order valence-corrected chi connectivity index (χ2v) is 8.37. The Balaban J connectivity index is 1.21. The number of benzene rings is 1. The van der Waals surface area contributed by atoms with Crippen LogP contribution in [0.2, 0.25) is 0 Å². The van der Waals surface area contributed by atoms with Gasteiger partial charge in [0.2, 0.25) is 5.91 Å². The van der Waals surface area contributed by atoms with E-state index >= 15 is 0 Å². The fourth-order valence-corrected chi connectivity index (χ4v) is 4.32. The van der Waals surface area contributed by atoms with E-state index in [2.05, 4.69) is 44.5 Å². The Hall–Kier alpha value is -2.61. The van der Waals surface area contributed by atoms with Crippen LogP contribution in [0.5, 0.6) is 0 Å². The molecule has 0 unspecified atom stereocenters. The Morgan fingerprint density at radius 3 is 2.87 bits per heavy atom. The third kappa shape index (κ3) is 6.19. The standard InChI is InChI=1S/C23H26N4O2S/c28-22(12-20-17-30-23(26-20)13-19-8-4-5-9-24-19)25-14-21-16-27(10-11-29-21)15-18-6-2-1-3-7-18/h1-9,17,21H,10-16H2,(H,25,28)/t21-/m0/s1. The van der Waals surface area contributed by atoms with Crippen molar-refractivity contribution in [3.63, 3.8) is 0 Å². The van der Waals surface area contributed by atoms with Crippen LogP contribution in [0.3, 0.4) is 0 Å². The van der Waals surface area contributed by atoms with Crippen molar-refractivity contribution in [2.45, 2.75) is 25.5 Å². The van der Waals surface area contributed by atoms with Crippen molar-refractivity contribution in [3.8, 4) is 0 Å². The molecule has 1 amide bonds. The van der Waals surface area contributed by atoms with Crippen LogP contribution < -0.4 is 5.32 Å². The third-order valence-electron chi connectivity index (χ3n) is 5.00. The van der Waals surface area contributed by atoms with E-state index in [0.29, 0.717) is 26.0 Å². The summed E-state index contributed by atoms with van der Waals surface area (Å²) in [6, 6.07) is 16.3. The summed E-state index contributed by atoms with van der Waals surface area (Å²) in [6.07, 6.45) is 2.78. The number of carbonyl (C=O) groups is 1. The minimum atomic E-state index is -0.0199. The lowest BCUT2D eigenvalue weighted by molar-refractivity contribution is -0.121. The van der Waals surface area contributed by atoms with Crippen molar-refractivity contribution < 1.29 is 9.53 Å². The summed E-state index contributed by atoms with van der Waals surface area (Å²) in [5.41, 5.74) is 3.09. The minimum Gasteiger partial charge on any atom is -0.374 e. The quantitative estimate of drug-likeness (QED) is 0.605. The molecule has 3 aromatic rings. The summed E-state index contributed by atoms with van der Waals surface area (Å²) >= 11 is 1.57. The van der Waals surface area contributed by atoms with Crippen molar-refractivity contribution in [1.29, 1.82) is 0 Å². The molecule has 0 aliphatic carbocycles. The Morgan fingerprint density at radius 2 is 2.03 bits per heavy atom. The van der Waals surface area contributed by atoms with Crippen LogP contribution in [-0.2, 0) is 28.9 Å². The molecular weight excluding hydrogens is 396 g/mol. The fraction of sp³-hybridized carbons (Fsp3) is 0.348. The van der Waals surface area contributed by atoms with Crippen molar-refractivity contribution >= 4 is 17.2 Å². The summed E-state index contributed by atoms with van der Waals surface area (Å²) < 4.78 is 5.84. The summed E-state index contributed by atoms with van der Waals surface area (Å²) in [5, 5.41) is 5.94. The molecule has 156 valence electrons. The molecule has 30 heavy (non-hydrogen) atoms. The molecule has 6 nitrogen and oxygen atoms in total. The van der Waals surface area contributed by atoms with Gasteiger partial charge >= 0.3 is 0 Å². The van der Waals surface area contributed by atoms with Crippen LogP contribution in [0, 0.1) is 0 Å². The molecule has 0 radical (unpaired) electrons. The lowest BCUT2D eigenvalue weighted by Crippen LogP contribution is -2.47. The van der Waals surface area contributed by atoms with Gasteiger partial charge in [-0.05, 0) is 17.7 Å². The highest BCUT2D eigenvalue weighted by Crippen LogP contribution is 2.14. The number of amides is 1. The zero-order chi connectivity index (χ0) is 20.6. The summed E-state index contributed by atoms with van der Waals surface area (Å²) in [6.45, 7) is 3.86. The van der Waals surface area contributed by atoms with Crippen molar-refractivity contribution in [1.82, 2.24) is 20.2 Å². The van der Waals surface area contributed by atoms with E-state index in [-0.39, 0.29) is 12.0 Å². The number of hydrogen-bond donors (Lipinski definition) is 1. The lowest BCUT2D eigenvalue weighted by atomic mass is 10.2. The second-order valence-electron chi connectivity index (χ2n) is 7.42. The SMILES string of the molecule is O=C(Cc1csc(Cc2ccccn2)n1)NC[C@H]1CN(Cc2ccccc2)CCO1. The number of morpholine rings is 1. The molecule has 7 heteroatoms. The van der Waals surface area contributed by atoms with Gasteiger partial charge in [-0.15, -0.1) is 11.3 Å².